The zero-order valence-electron chi connectivity index (χ0n) is 24.5. The molecule has 0 bridgehead atoms. The van der Waals surface area contributed by atoms with Crippen LogP contribution in [0.4, 0.5) is 0 Å². The summed E-state index contributed by atoms with van der Waals surface area (Å²) < 4.78 is 6.26. The van der Waals surface area contributed by atoms with E-state index in [1.807, 2.05) is 12.1 Å². The Balaban J connectivity index is 1.10. The van der Waals surface area contributed by atoms with Crippen LogP contribution in [-0.4, -0.2) is 9.97 Å². The van der Waals surface area contributed by atoms with Crippen molar-refractivity contribution in [3.05, 3.63) is 163 Å². The molecule has 8 aromatic rings. The molecular weight excluding hydrogens is 548 g/mol. The van der Waals surface area contributed by atoms with E-state index >= 15 is 0 Å². The maximum Gasteiger partial charge on any atom is 0.160 e. The van der Waals surface area contributed by atoms with E-state index in [4.69, 9.17) is 14.4 Å². The van der Waals surface area contributed by atoms with Gasteiger partial charge in [-0.1, -0.05) is 121 Å². The number of allylic oxidation sites excluding steroid dienone is 4. The number of benzene rings is 6. The van der Waals surface area contributed by atoms with Crippen molar-refractivity contribution in [2.24, 2.45) is 0 Å². The minimum Gasteiger partial charge on any atom is -0.456 e. The summed E-state index contributed by atoms with van der Waals surface area (Å²) >= 11 is 0. The Bertz CT molecular complexity index is 2470. The summed E-state index contributed by atoms with van der Waals surface area (Å²) in [6, 6.07) is 47.0. The summed E-state index contributed by atoms with van der Waals surface area (Å²) in [5.41, 5.74) is 9.56. The van der Waals surface area contributed by atoms with Crippen LogP contribution in [-0.2, 0) is 0 Å². The number of furan rings is 1. The summed E-state index contributed by atoms with van der Waals surface area (Å²) in [5.74, 6) is 0.986. The van der Waals surface area contributed by atoms with Crippen molar-refractivity contribution in [2.75, 3.05) is 0 Å². The third kappa shape index (κ3) is 4.52. The number of hydrogen-bond donors (Lipinski definition) is 0. The first-order valence-electron chi connectivity index (χ1n) is 15.4. The third-order valence-corrected chi connectivity index (χ3v) is 8.96. The molecule has 2 aromatic heterocycles. The second-order valence-electron chi connectivity index (χ2n) is 11.8. The second kappa shape index (κ2) is 10.4. The fourth-order valence-electron chi connectivity index (χ4n) is 6.68. The molecule has 0 N–H and O–H groups in total. The van der Waals surface area contributed by atoms with Gasteiger partial charge in [-0.05, 0) is 64.2 Å². The highest BCUT2D eigenvalue weighted by Crippen LogP contribution is 2.37. The minimum atomic E-state index is 0.227. The lowest BCUT2D eigenvalue weighted by molar-refractivity contribution is 0.669. The van der Waals surface area contributed by atoms with Crippen molar-refractivity contribution in [1.29, 1.82) is 0 Å². The lowest BCUT2D eigenvalue weighted by Gasteiger charge is -2.18. The predicted molar refractivity (Wildman–Crippen MR) is 186 cm³/mol. The minimum absolute atomic E-state index is 0.227. The summed E-state index contributed by atoms with van der Waals surface area (Å²) in [4.78, 5) is 10.1. The van der Waals surface area contributed by atoms with Crippen molar-refractivity contribution >= 4 is 49.2 Å². The lowest BCUT2D eigenvalue weighted by atomic mass is 9.87. The fourth-order valence-corrected chi connectivity index (χ4v) is 6.68. The van der Waals surface area contributed by atoms with E-state index in [0.29, 0.717) is 0 Å². The monoisotopic (exact) mass is 576 g/mol. The molecule has 1 atom stereocenters. The van der Waals surface area contributed by atoms with Gasteiger partial charge < -0.3 is 4.42 Å². The van der Waals surface area contributed by atoms with Crippen LogP contribution in [0.25, 0.3) is 71.6 Å². The van der Waals surface area contributed by atoms with Gasteiger partial charge >= 0.3 is 0 Å². The van der Waals surface area contributed by atoms with Crippen molar-refractivity contribution in [3.63, 3.8) is 0 Å². The normalized spacial score (nSPS) is 14.8. The standard InChI is InChI=1S/C42H28N2O/c1-2-10-27(11-3-1)41-35-18-6-7-19-38(35)43-42(44-41)34-17-9-16-30(23-34)28-14-8-15-29(22-28)33-20-21-39-36(25-33)37-24-31-12-4-5-13-32(31)26-40(37)45-39/h1-15,17-26,30H,16H2. The number of hydrogen-bond acceptors (Lipinski definition) is 3. The van der Waals surface area contributed by atoms with Crippen LogP contribution in [0.15, 0.2) is 156 Å². The number of para-hydroxylation sites is 1. The molecule has 1 aliphatic carbocycles. The average Bonchev–Trinajstić information content (AvgIpc) is 3.47. The van der Waals surface area contributed by atoms with E-state index in [2.05, 4.69) is 140 Å². The van der Waals surface area contributed by atoms with Gasteiger partial charge in [-0.3, -0.25) is 0 Å². The van der Waals surface area contributed by atoms with Gasteiger partial charge in [0.25, 0.3) is 0 Å². The molecule has 3 nitrogen and oxygen atoms in total. The Morgan fingerprint density at radius 2 is 1.31 bits per heavy atom. The lowest BCUT2D eigenvalue weighted by Crippen LogP contribution is -2.03. The van der Waals surface area contributed by atoms with Gasteiger partial charge in [-0.15, -0.1) is 0 Å². The zero-order chi connectivity index (χ0) is 29.7. The molecule has 0 amide bonds. The number of aromatic nitrogens is 2. The average molecular weight is 577 g/mol. The summed E-state index contributed by atoms with van der Waals surface area (Å²) in [6.45, 7) is 0. The summed E-state index contributed by atoms with van der Waals surface area (Å²) in [6.07, 6.45) is 7.68. The smallest absolute Gasteiger partial charge is 0.160 e. The molecule has 1 unspecified atom stereocenters. The van der Waals surface area contributed by atoms with Gasteiger partial charge in [-0.25, -0.2) is 9.97 Å². The van der Waals surface area contributed by atoms with Crippen molar-refractivity contribution < 1.29 is 4.42 Å². The third-order valence-electron chi connectivity index (χ3n) is 8.96. The van der Waals surface area contributed by atoms with Crippen molar-refractivity contribution in [2.45, 2.75) is 12.3 Å². The van der Waals surface area contributed by atoms with E-state index in [1.54, 1.807) is 0 Å². The molecule has 6 aromatic carbocycles. The molecule has 0 saturated heterocycles. The topological polar surface area (TPSA) is 38.9 Å². The van der Waals surface area contributed by atoms with Crippen molar-refractivity contribution in [3.8, 4) is 22.4 Å². The Labute approximate surface area is 260 Å². The van der Waals surface area contributed by atoms with Gasteiger partial charge in [0.2, 0.25) is 0 Å². The van der Waals surface area contributed by atoms with E-state index < -0.39 is 0 Å². The SMILES string of the molecule is C1=CC(c2nc(-c3ccccc3)c3ccccc3n2)=CC(c2cccc(-c3ccc4oc5cc6ccccc6cc5c4c3)c2)C1. The van der Waals surface area contributed by atoms with E-state index in [1.165, 1.54) is 27.5 Å². The molecular formula is C42H28N2O. The maximum absolute atomic E-state index is 6.26. The first kappa shape index (κ1) is 25.7. The highest BCUT2D eigenvalue weighted by molar-refractivity contribution is 6.11. The Morgan fingerprint density at radius 3 is 2.22 bits per heavy atom. The highest BCUT2D eigenvalue weighted by atomic mass is 16.3. The first-order chi connectivity index (χ1) is 22.3. The summed E-state index contributed by atoms with van der Waals surface area (Å²) in [5, 5.41) is 5.77. The molecule has 45 heavy (non-hydrogen) atoms. The maximum atomic E-state index is 6.26. The largest absolute Gasteiger partial charge is 0.456 e. The van der Waals surface area contributed by atoms with Crippen LogP contribution in [0, 0.1) is 0 Å². The van der Waals surface area contributed by atoms with Crippen molar-refractivity contribution in [1.82, 2.24) is 9.97 Å². The van der Waals surface area contributed by atoms with Crippen LogP contribution in [0.3, 0.4) is 0 Å². The van der Waals surface area contributed by atoms with Gasteiger partial charge in [0.1, 0.15) is 11.2 Å². The Morgan fingerprint density at radius 1 is 0.556 bits per heavy atom. The molecule has 2 heterocycles. The Kier molecular flexibility index (Phi) is 5.95. The van der Waals surface area contributed by atoms with Crippen LogP contribution >= 0.6 is 0 Å². The van der Waals surface area contributed by atoms with Crippen LogP contribution < -0.4 is 0 Å². The molecule has 0 fully saturated rings. The molecule has 0 aliphatic heterocycles. The molecule has 0 radical (unpaired) electrons. The first-order valence-corrected chi connectivity index (χ1v) is 15.4. The van der Waals surface area contributed by atoms with Gasteiger partial charge in [-0.2, -0.15) is 0 Å². The molecule has 212 valence electrons. The summed E-state index contributed by atoms with van der Waals surface area (Å²) in [7, 11) is 0. The van der Waals surface area contributed by atoms with Crippen LogP contribution in [0.5, 0.6) is 0 Å². The predicted octanol–water partition coefficient (Wildman–Crippen LogP) is 11.1. The Hall–Kier alpha value is -5.80. The van der Waals surface area contributed by atoms with Crippen LogP contribution in [0.1, 0.15) is 23.7 Å². The van der Waals surface area contributed by atoms with E-state index in [9.17, 15) is 0 Å². The van der Waals surface area contributed by atoms with Crippen LogP contribution in [0.2, 0.25) is 0 Å². The van der Waals surface area contributed by atoms with E-state index in [0.717, 1.165) is 61.9 Å². The highest BCUT2D eigenvalue weighted by Gasteiger charge is 2.18. The van der Waals surface area contributed by atoms with E-state index in [-0.39, 0.29) is 5.92 Å². The molecule has 0 spiro atoms. The zero-order valence-corrected chi connectivity index (χ0v) is 24.5. The molecule has 0 saturated carbocycles. The van der Waals surface area contributed by atoms with Gasteiger partial charge in [0, 0.05) is 33.2 Å². The molecule has 1 aliphatic rings. The number of fused-ring (bicyclic) bond motifs is 5. The van der Waals surface area contributed by atoms with Gasteiger partial charge in [0.05, 0.1) is 11.2 Å². The van der Waals surface area contributed by atoms with Gasteiger partial charge in [0.15, 0.2) is 5.82 Å². The fraction of sp³-hybridized carbons (Fsp3) is 0.0476. The quantitative estimate of drug-likeness (QED) is 0.209. The number of rotatable bonds is 4. The molecule has 3 heteroatoms. The molecule has 9 rings (SSSR count). The second-order valence-corrected chi connectivity index (χ2v) is 11.8. The number of nitrogens with zero attached hydrogens (tertiary/aromatic N) is 2.